The third-order valence-electron chi connectivity index (χ3n) is 2.57. The second kappa shape index (κ2) is 5.32. The van der Waals surface area contributed by atoms with Gasteiger partial charge in [-0.3, -0.25) is 14.4 Å². The molecule has 1 aromatic carbocycles. The number of carbonyl (C=O) groups excluding carboxylic acids is 3. The van der Waals surface area contributed by atoms with E-state index in [1.165, 1.54) is 11.8 Å². The molecule has 0 unspecified atom stereocenters. The maximum Gasteiger partial charge on any atom is 0.297 e. The second-order valence-electron chi connectivity index (χ2n) is 3.81. The number of imide groups is 1. The van der Waals surface area contributed by atoms with Gasteiger partial charge >= 0.3 is 0 Å². The zero-order valence-electron chi connectivity index (χ0n) is 9.80. The number of benzene rings is 1. The average molecular weight is 264 g/mol. The number of hydrogen-bond acceptors (Lipinski definition) is 5. The van der Waals surface area contributed by atoms with E-state index in [9.17, 15) is 14.4 Å². The van der Waals surface area contributed by atoms with E-state index >= 15 is 0 Å². The summed E-state index contributed by atoms with van der Waals surface area (Å²) in [5.41, 5.74) is 1.45. The Labute approximate surface area is 109 Å². The Morgan fingerprint density at radius 2 is 2.33 bits per heavy atom. The zero-order chi connectivity index (χ0) is 13.1. The molecule has 18 heavy (non-hydrogen) atoms. The molecule has 1 aromatic rings. The topological polar surface area (TPSA) is 66.5 Å². The van der Waals surface area contributed by atoms with E-state index in [1.807, 2.05) is 19.2 Å². The largest absolute Gasteiger partial charge is 0.316 e. The van der Waals surface area contributed by atoms with E-state index in [-0.39, 0.29) is 17.9 Å². The molecule has 0 aromatic heterocycles. The fraction of sp³-hybridized carbons (Fsp3) is 0.250. The Bertz CT molecular complexity index is 516. The van der Waals surface area contributed by atoms with E-state index in [2.05, 4.69) is 5.32 Å². The average Bonchev–Trinajstić information content (AvgIpc) is 2.38. The van der Waals surface area contributed by atoms with Crippen LogP contribution in [-0.2, 0) is 20.9 Å². The number of anilines is 1. The number of hydrogen-bond donors (Lipinski definition) is 1. The molecule has 2 rings (SSSR count). The first kappa shape index (κ1) is 12.8. The van der Waals surface area contributed by atoms with Gasteiger partial charge in [0.1, 0.15) is 0 Å². The molecular formula is C12H12N2O3S. The van der Waals surface area contributed by atoms with Gasteiger partial charge in [0, 0.05) is 11.4 Å². The van der Waals surface area contributed by atoms with Gasteiger partial charge in [-0.1, -0.05) is 6.07 Å². The summed E-state index contributed by atoms with van der Waals surface area (Å²) in [6.07, 6.45) is 0.169. The molecule has 0 saturated carbocycles. The first-order chi connectivity index (χ1) is 8.67. The first-order valence-electron chi connectivity index (χ1n) is 5.39. The van der Waals surface area contributed by atoms with E-state index in [4.69, 9.17) is 0 Å². The van der Waals surface area contributed by atoms with Crippen LogP contribution in [0.3, 0.4) is 0 Å². The first-order valence-corrected chi connectivity index (χ1v) is 6.38. The van der Waals surface area contributed by atoms with Gasteiger partial charge in [0.15, 0.2) is 0 Å². The minimum absolute atomic E-state index is 0.169. The second-order valence-corrected chi connectivity index (χ2v) is 4.82. The molecule has 1 aliphatic heterocycles. The van der Waals surface area contributed by atoms with Gasteiger partial charge in [-0.2, -0.15) is 0 Å². The van der Waals surface area contributed by atoms with Crippen molar-refractivity contribution in [2.75, 3.05) is 17.7 Å². The van der Waals surface area contributed by atoms with Crippen LogP contribution in [0.4, 0.5) is 5.69 Å². The van der Waals surface area contributed by atoms with Gasteiger partial charge in [0.05, 0.1) is 11.4 Å². The summed E-state index contributed by atoms with van der Waals surface area (Å²) in [6.45, 7) is 0.634. The quantitative estimate of drug-likeness (QED) is 0.638. The summed E-state index contributed by atoms with van der Waals surface area (Å²) in [5.74, 6) is -0.993. The number of nitrogens with one attached hydrogen (secondary N) is 1. The van der Waals surface area contributed by atoms with Gasteiger partial charge in [-0.15, -0.1) is 11.8 Å². The molecule has 0 fully saturated rings. The lowest BCUT2D eigenvalue weighted by atomic mass is 10.1. The predicted molar refractivity (Wildman–Crippen MR) is 68.5 cm³/mol. The lowest BCUT2D eigenvalue weighted by molar-refractivity contribution is -0.132. The summed E-state index contributed by atoms with van der Waals surface area (Å²) >= 11 is 1.38. The van der Waals surface area contributed by atoms with Crippen molar-refractivity contribution in [2.24, 2.45) is 0 Å². The van der Waals surface area contributed by atoms with E-state index in [1.54, 1.807) is 6.07 Å². The molecule has 0 radical (unpaired) electrons. The fourth-order valence-electron chi connectivity index (χ4n) is 1.81. The highest BCUT2D eigenvalue weighted by atomic mass is 32.2. The number of aldehydes is 1. The molecule has 1 N–H and O–H groups in total. The zero-order valence-corrected chi connectivity index (χ0v) is 10.6. The summed E-state index contributed by atoms with van der Waals surface area (Å²) in [6, 6.07) is 5.56. The SMILES string of the molecule is CNCc1ccc2c(c1)N(C(=O)C=O)C(=O)CS2. The lowest BCUT2D eigenvalue weighted by Gasteiger charge is -2.26. The molecule has 6 heteroatoms. The molecule has 0 aliphatic carbocycles. The van der Waals surface area contributed by atoms with E-state index in [0.717, 1.165) is 15.4 Å². The van der Waals surface area contributed by atoms with E-state index < -0.39 is 5.91 Å². The van der Waals surface area contributed by atoms with Gasteiger partial charge in [0.25, 0.3) is 5.91 Å². The van der Waals surface area contributed by atoms with Crippen LogP contribution < -0.4 is 10.2 Å². The Hall–Kier alpha value is -1.66. The highest BCUT2D eigenvalue weighted by molar-refractivity contribution is 8.00. The smallest absolute Gasteiger partial charge is 0.297 e. The van der Waals surface area contributed by atoms with Gasteiger partial charge < -0.3 is 5.32 Å². The van der Waals surface area contributed by atoms with Crippen LogP contribution >= 0.6 is 11.8 Å². The maximum absolute atomic E-state index is 11.7. The van der Waals surface area contributed by atoms with Crippen molar-refractivity contribution in [3.63, 3.8) is 0 Å². The molecule has 1 aliphatic rings. The van der Waals surface area contributed by atoms with Crippen LogP contribution in [0, 0.1) is 0 Å². The van der Waals surface area contributed by atoms with Crippen LogP contribution in [0.25, 0.3) is 0 Å². The van der Waals surface area contributed by atoms with Crippen LogP contribution in [0.15, 0.2) is 23.1 Å². The van der Waals surface area contributed by atoms with Gasteiger partial charge in [0.2, 0.25) is 12.2 Å². The minimum atomic E-state index is -0.817. The van der Waals surface area contributed by atoms with Crippen molar-refractivity contribution in [1.82, 2.24) is 5.32 Å². The third kappa shape index (κ3) is 2.30. The normalized spacial score (nSPS) is 14.3. The summed E-state index contributed by atoms with van der Waals surface area (Å²) < 4.78 is 0. The summed E-state index contributed by atoms with van der Waals surface area (Å²) in [4.78, 5) is 35.7. The number of carbonyl (C=O) groups is 3. The molecule has 94 valence electrons. The third-order valence-corrected chi connectivity index (χ3v) is 3.61. The predicted octanol–water partition coefficient (Wildman–Crippen LogP) is 0.570. The Morgan fingerprint density at radius 1 is 1.56 bits per heavy atom. The van der Waals surface area contributed by atoms with Crippen molar-refractivity contribution in [3.8, 4) is 0 Å². The molecule has 0 bridgehead atoms. The highest BCUT2D eigenvalue weighted by Crippen LogP contribution is 2.35. The van der Waals surface area contributed by atoms with Crippen molar-refractivity contribution in [3.05, 3.63) is 23.8 Å². The van der Waals surface area contributed by atoms with Crippen molar-refractivity contribution >= 4 is 35.5 Å². The Balaban J connectivity index is 2.46. The molecule has 0 spiro atoms. The van der Waals surface area contributed by atoms with Crippen molar-refractivity contribution in [1.29, 1.82) is 0 Å². The molecule has 5 nitrogen and oxygen atoms in total. The number of nitrogens with zero attached hydrogens (tertiary/aromatic N) is 1. The minimum Gasteiger partial charge on any atom is -0.316 e. The van der Waals surface area contributed by atoms with Crippen molar-refractivity contribution < 1.29 is 14.4 Å². The number of amides is 2. The summed E-state index contributed by atoms with van der Waals surface area (Å²) in [5, 5.41) is 3.00. The molecule has 2 amide bonds. The standard InChI is InChI=1S/C12H12N2O3S/c1-13-5-8-2-3-10-9(4-8)14(11(16)6-15)12(17)7-18-10/h2-4,6,13H,5,7H2,1H3. The summed E-state index contributed by atoms with van der Waals surface area (Å²) in [7, 11) is 1.81. The Kier molecular flexibility index (Phi) is 3.78. The molecule has 1 heterocycles. The maximum atomic E-state index is 11.7. The number of thioether (sulfide) groups is 1. The molecular weight excluding hydrogens is 252 g/mol. The monoisotopic (exact) mass is 264 g/mol. The van der Waals surface area contributed by atoms with Gasteiger partial charge in [-0.25, -0.2) is 4.90 Å². The molecule has 0 saturated heterocycles. The fourth-order valence-corrected chi connectivity index (χ4v) is 2.68. The number of rotatable bonds is 3. The van der Waals surface area contributed by atoms with E-state index in [0.29, 0.717) is 12.2 Å². The number of fused-ring (bicyclic) bond motifs is 1. The van der Waals surface area contributed by atoms with Crippen LogP contribution in [0.1, 0.15) is 5.56 Å². The lowest BCUT2D eigenvalue weighted by Crippen LogP contribution is -2.41. The van der Waals surface area contributed by atoms with Gasteiger partial charge in [-0.05, 0) is 24.7 Å². The Morgan fingerprint density at radius 3 is 3.00 bits per heavy atom. The van der Waals surface area contributed by atoms with Crippen LogP contribution in [-0.4, -0.2) is 30.9 Å². The van der Waals surface area contributed by atoms with Crippen molar-refractivity contribution in [2.45, 2.75) is 11.4 Å². The highest BCUT2D eigenvalue weighted by Gasteiger charge is 2.29. The molecule has 0 atom stereocenters. The van der Waals surface area contributed by atoms with Crippen LogP contribution in [0.2, 0.25) is 0 Å². The van der Waals surface area contributed by atoms with Crippen LogP contribution in [0.5, 0.6) is 0 Å².